The SMILES string of the molecule is OC[C@H](O)[C@@H](O)[C@]1(O)c2ccc(cc2)[C@@]1(O)C1(O)C2=CC=C1C=C2. The van der Waals surface area contributed by atoms with E-state index in [0.29, 0.717) is 11.1 Å². The summed E-state index contributed by atoms with van der Waals surface area (Å²) in [5, 5.41) is 64.0. The predicted molar refractivity (Wildman–Crippen MR) is 83.6 cm³/mol. The van der Waals surface area contributed by atoms with Crippen LogP contribution in [0.1, 0.15) is 11.1 Å². The molecule has 0 aliphatic heterocycles. The summed E-state index contributed by atoms with van der Waals surface area (Å²) in [6.07, 6.45) is 2.90. The van der Waals surface area contributed by atoms with Crippen molar-refractivity contribution < 1.29 is 30.6 Å². The van der Waals surface area contributed by atoms with Gasteiger partial charge in [-0.1, -0.05) is 48.6 Å². The zero-order valence-corrected chi connectivity index (χ0v) is 12.7. The highest BCUT2D eigenvalue weighted by molar-refractivity contribution is 5.66. The zero-order chi connectivity index (χ0) is 17.3. The Labute approximate surface area is 137 Å². The van der Waals surface area contributed by atoms with Gasteiger partial charge in [0.15, 0.2) is 16.8 Å². The molecule has 0 heterocycles. The highest BCUT2D eigenvalue weighted by Gasteiger charge is 2.71. The van der Waals surface area contributed by atoms with Gasteiger partial charge in [0.25, 0.3) is 0 Å². The first kappa shape index (κ1) is 15.7. The fourth-order valence-electron chi connectivity index (χ4n) is 4.18. The third-order valence-corrected chi connectivity index (χ3v) is 5.52. The molecular weight excluding hydrogens is 312 g/mol. The molecule has 4 bridgehead atoms. The van der Waals surface area contributed by atoms with Gasteiger partial charge in [0, 0.05) is 0 Å². The Balaban J connectivity index is 1.97. The number of aliphatic hydroxyl groups is 6. The molecule has 0 aromatic heterocycles. The fraction of sp³-hybridized carbons (Fsp3) is 0.333. The van der Waals surface area contributed by atoms with Gasteiger partial charge in [0.1, 0.15) is 12.2 Å². The molecule has 24 heavy (non-hydrogen) atoms. The van der Waals surface area contributed by atoms with Gasteiger partial charge in [-0.15, -0.1) is 0 Å². The Morgan fingerprint density at radius 1 is 0.833 bits per heavy atom. The van der Waals surface area contributed by atoms with E-state index < -0.39 is 35.6 Å². The standard InChI is InChI=1S/C18H18O6/c19-9-14(20)15(21)17(23)12-5-7-13(8-6-12)18(17,24)16(22)10-1-2-11(16)4-3-10/h1-8,14-15,19-24H,9H2/t14-,15+,17+,18+/m0/s1. The Morgan fingerprint density at radius 2 is 1.33 bits per heavy atom. The minimum atomic E-state index is -2.41. The molecule has 0 radical (unpaired) electrons. The van der Waals surface area contributed by atoms with Gasteiger partial charge in [-0.2, -0.15) is 0 Å². The summed E-state index contributed by atoms with van der Waals surface area (Å²) in [4.78, 5) is 0. The molecule has 5 rings (SSSR count). The average Bonchev–Trinajstić information content (AvgIpc) is 3.12. The molecule has 126 valence electrons. The summed E-state index contributed by atoms with van der Waals surface area (Å²) in [7, 11) is 0. The van der Waals surface area contributed by atoms with Crippen molar-refractivity contribution in [3.05, 3.63) is 70.8 Å². The molecule has 0 saturated heterocycles. The van der Waals surface area contributed by atoms with Crippen LogP contribution >= 0.6 is 0 Å². The Bertz CT molecular complexity index is 770. The van der Waals surface area contributed by atoms with Gasteiger partial charge in [-0.05, 0) is 22.3 Å². The van der Waals surface area contributed by atoms with Gasteiger partial charge >= 0.3 is 0 Å². The van der Waals surface area contributed by atoms with E-state index in [1.54, 1.807) is 36.4 Å². The minimum absolute atomic E-state index is 0.140. The lowest BCUT2D eigenvalue weighted by molar-refractivity contribution is -0.283. The third kappa shape index (κ3) is 1.43. The topological polar surface area (TPSA) is 121 Å². The Kier molecular flexibility index (Phi) is 3.03. The summed E-state index contributed by atoms with van der Waals surface area (Å²) in [6, 6.07) is 6.12. The van der Waals surface area contributed by atoms with E-state index in [2.05, 4.69) is 0 Å². The molecule has 0 amide bonds. The first-order chi connectivity index (χ1) is 11.3. The maximum absolute atomic E-state index is 11.6. The molecule has 0 saturated carbocycles. The van der Waals surface area contributed by atoms with Crippen molar-refractivity contribution in [3.8, 4) is 0 Å². The quantitative estimate of drug-likeness (QED) is 0.419. The van der Waals surface area contributed by atoms with Crippen molar-refractivity contribution in [2.75, 3.05) is 6.61 Å². The minimum Gasteiger partial charge on any atom is -0.394 e. The number of aliphatic hydroxyl groups excluding tert-OH is 3. The number of allylic oxidation sites excluding steroid dienone is 2. The van der Waals surface area contributed by atoms with E-state index in [4.69, 9.17) is 0 Å². The number of rotatable bonds is 4. The molecule has 1 aromatic rings. The van der Waals surface area contributed by atoms with Crippen LogP contribution < -0.4 is 0 Å². The second kappa shape index (κ2) is 4.64. The van der Waals surface area contributed by atoms with E-state index in [1.807, 2.05) is 0 Å². The van der Waals surface area contributed by atoms with E-state index in [1.165, 1.54) is 12.1 Å². The molecule has 6 heteroatoms. The molecule has 6 nitrogen and oxygen atoms in total. The summed E-state index contributed by atoms with van der Waals surface area (Å²) in [5.74, 6) is 0. The maximum atomic E-state index is 11.6. The van der Waals surface area contributed by atoms with Crippen LogP contribution in [0.4, 0.5) is 0 Å². The second-order valence-electron chi connectivity index (χ2n) is 6.54. The van der Waals surface area contributed by atoms with E-state index >= 15 is 0 Å². The summed E-state index contributed by atoms with van der Waals surface area (Å²) >= 11 is 0. The van der Waals surface area contributed by atoms with Crippen LogP contribution in [-0.2, 0) is 11.2 Å². The first-order valence-corrected chi connectivity index (χ1v) is 7.68. The molecule has 4 atom stereocenters. The van der Waals surface area contributed by atoms with E-state index in [0.717, 1.165) is 0 Å². The van der Waals surface area contributed by atoms with Gasteiger partial charge in [-0.3, -0.25) is 0 Å². The van der Waals surface area contributed by atoms with Crippen LogP contribution in [0.3, 0.4) is 0 Å². The molecular formula is C18H18O6. The lowest BCUT2D eigenvalue weighted by Crippen LogP contribution is -2.70. The van der Waals surface area contributed by atoms with Crippen LogP contribution in [0.5, 0.6) is 0 Å². The van der Waals surface area contributed by atoms with Crippen molar-refractivity contribution in [2.24, 2.45) is 0 Å². The molecule has 4 aliphatic carbocycles. The lowest BCUT2D eigenvalue weighted by atomic mass is 9.56. The molecule has 0 unspecified atom stereocenters. The molecule has 1 aromatic carbocycles. The Hall–Kier alpha value is -1.80. The second-order valence-corrected chi connectivity index (χ2v) is 6.54. The van der Waals surface area contributed by atoms with Crippen LogP contribution in [0.25, 0.3) is 0 Å². The monoisotopic (exact) mass is 330 g/mol. The lowest BCUT2D eigenvalue weighted by Gasteiger charge is -2.56. The van der Waals surface area contributed by atoms with E-state index in [-0.39, 0.29) is 11.1 Å². The summed E-state index contributed by atoms with van der Waals surface area (Å²) in [5.41, 5.74) is -5.59. The maximum Gasteiger partial charge on any atom is 0.162 e. The smallest absolute Gasteiger partial charge is 0.162 e. The van der Waals surface area contributed by atoms with Gasteiger partial charge in [-0.25, -0.2) is 0 Å². The van der Waals surface area contributed by atoms with Crippen molar-refractivity contribution in [1.82, 2.24) is 0 Å². The van der Waals surface area contributed by atoms with Crippen LogP contribution in [0.15, 0.2) is 59.7 Å². The van der Waals surface area contributed by atoms with Crippen LogP contribution in [0, 0.1) is 0 Å². The fourth-order valence-corrected chi connectivity index (χ4v) is 4.18. The van der Waals surface area contributed by atoms with Crippen molar-refractivity contribution in [2.45, 2.75) is 29.0 Å². The number of fused-ring (bicyclic) bond motifs is 6. The highest BCUT2D eigenvalue weighted by Crippen LogP contribution is 2.60. The van der Waals surface area contributed by atoms with Crippen LogP contribution in [-0.4, -0.2) is 55.1 Å². The van der Waals surface area contributed by atoms with Gasteiger partial charge < -0.3 is 30.6 Å². The summed E-state index contributed by atoms with van der Waals surface area (Å²) < 4.78 is 0. The zero-order valence-electron chi connectivity index (χ0n) is 12.7. The predicted octanol–water partition coefficient (Wildman–Crippen LogP) is -1.04. The largest absolute Gasteiger partial charge is 0.394 e. The Morgan fingerprint density at radius 3 is 1.79 bits per heavy atom. The molecule has 4 aliphatic rings. The third-order valence-electron chi connectivity index (χ3n) is 5.52. The molecule has 0 spiro atoms. The summed E-state index contributed by atoms with van der Waals surface area (Å²) in [6.45, 7) is -0.808. The normalized spacial score (nSPS) is 34.2. The highest BCUT2D eigenvalue weighted by atomic mass is 16.4. The molecule has 6 N–H and O–H groups in total. The van der Waals surface area contributed by atoms with Crippen molar-refractivity contribution in [1.29, 1.82) is 0 Å². The number of hydrogen-bond acceptors (Lipinski definition) is 6. The number of hydrogen-bond donors (Lipinski definition) is 6. The van der Waals surface area contributed by atoms with Gasteiger partial charge in [0.2, 0.25) is 0 Å². The van der Waals surface area contributed by atoms with Gasteiger partial charge in [0.05, 0.1) is 6.61 Å². The van der Waals surface area contributed by atoms with Crippen molar-refractivity contribution in [3.63, 3.8) is 0 Å². The first-order valence-electron chi connectivity index (χ1n) is 7.68. The molecule has 0 fully saturated rings. The average molecular weight is 330 g/mol. The number of benzene rings is 1. The van der Waals surface area contributed by atoms with Crippen LogP contribution in [0.2, 0.25) is 0 Å². The van der Waals surface area contributed by atoms with Crippen molar-refractivity contribution >= 4 is 0 Å². The van der Waals surface area contributed by atoms with E-state index in [9.17, 15) is 30.6 Å².